The Hall–Kier alpha value is -1.07. The first kappa shape index (κ1) is 13.0. The topological polar surface area (TPSA) is 80.4 Å². The van der Waals surface area contributed by atoms with Crippen molar-refractivity contribution in [3.8, 4) is 0 Å². The lowest BCUT2D eigenvalue weighted by Gasteiger charge is -2.20. The summed E-state index contributed by atoms with van der Waals surface area (Å²) in [4.78, 5) is 0. The molecule has 90 valence electrons. The number of nitrogen functional groups attached to an aromatic ring is 1. The van der Waals surface area contributed by atoms with Crippen LogP contribution in [0.5, 0.6) is 0 Å². The Morgan fingerprint density at radius 3 is 2.19 bits per heavy atom. The molecule has 4 nitrogen and oxygen atoms in total. The van der Waals surface area contributed by atoms with Crippen LogP contribution in [0.1, 0.15) is 25.0 Å². The minimum Gasteiger partial charge on any atom is -0.399 e. The highest BCUT2D eigenvalue weighted by Gasteiger charge is 2.28. The molecule has 0 saturated carbocycles. The Balaban J connectivity index is 3.00. The largest absolute Gasteiger partial charge is 0.399 e. The first-order valence-electron chi connectivity index (χ1n) is 5.08. The summed E-state index contributed by atoms with van der Waals surface area (Å²) in [5.74, 6) is 0. The van der Waals surface area contributed by atoms with Gasteiger partial charge in [-0.3, -0.25) is 0 Å². The van der Waals surface area contributed by atoms with E-state index >= 15 is 0 Å². The van der Waals surface area contributed by atoms with Crippen molar-refractivity contribution in [2.45, 2.75) is 24.7 Å². The van der Waals surface area contributed by atoms with E-state index in [0.29, 0.717) is 17.7 Å². The molecule has 0 aromatic heterocycles. The molecule has 0 unspecified atom stereocenters. The lowest BCUT2D eigenvalue weighted by atomic mass is 10.0. The molecule has 0 saturated heterocycles. The predicted molar refractivity (Wildman–Crippen MR) is 64.7 cm³/mol. The molecule has 0 aliphatic rings. The Morgan fingerprint density at radius 1 is 1.31 bits per heavy atom. The molecular weight excluding hydrogens is 226 g/mol. The van der Waals surface area contributed by atoms with Crippen molar-refractivity contribution in [2.75, 3.05) is 12.0 Å². The summed E-state index contributed by atoms with van der Waals surface area (Å²) >= 11 is 0. The second-order valence-corrected chi connectivity index (χ2v) is 6.15. The van der Waals surface area contributed by atoms with Gasteiger partial charge in [0.2, 0.25) is 0 Å². The van der Waals surface area contributed by atoms with Crippen LogP contribution in [0.3, 0.4) is 0 Å². The smallest absolute Gasteiger partial charge is 0.153 e. The minimum atomic E-state index is -3.25. The number of aliphatic hydroxyl groups is 1. The van der Waals surface area contributed by atoms with Gasteiger partial charge in [0.25, 0.3) is 0 Å². The summed E-state index contributed by atoms with van der Waals surface area (Å²) < 4.78 is 22.9. The average molecular weight is 243 g/mol. The summed E-state index contributed by atoms with van der Waals surface area (Å²) in [6, 6.07) is 6.59. The van der Waals surface area contributed by atoms with Gasteiger partial charge in [0.1, 0.15) is 0 Å². The third-order valence-electron chi connectivity index (χ3n) is 2.58. The molecule has 1 rings (SSSR count). The van der Waals surface area contributed by atoms with Crippen molar-refractivity contribution < 1.29 is 13.5 Å². The predicted octanol–water partition coefficient (Wildman–Crippen LogP) is 1.13. The van der Waals surface area contributed by atoms with Crippen molar-refractivity contribution in [1.29, 1.82) is 0 Å². The second kappa shape index (κ2) is 4.84. The normalized spacial score (nSPS) is 15.7. The summed E-state index contributed by atoms with van der Waals surface area (Å²) in [7, 11) is -3.25. The summed E-state index contributed by atoms with van der Waals surface area (Å²) in [6.07, 6.45) is 0.520. The van der Waals surface area contributed by atoms with Crippen molar-refractivity contribution in [3.05, 3.63) is 29.8 Å². The van der Waals surface area contributed by atoms with E-state index in [2.05, 4.69) is 0 Å². The first-order valence-corrected chi connectivity index (χ1v) is 7.04. The van der Waals surface area contributed by atoms with Gasteiger partial charge >= 0.3 is 0 Å². The van der Waals surface area contributed by atoms with Gasteiger partial charge in [0.15, 0.2) is 9.84 Å². The van der Waals surface area contributed by atoms with E-state index < -0.39 is 21.2 Å². The van der Waals surface area contributed by atoms with Gasteiger partial charge < -0.3 is 10.8 Å². The summed E-state index contributed by atoms with van der Waals surface area (Å²) in [6.45, 7) is 1.74. The molecule has 0 spiro atoms. The zero-order valence-electron chi connectivity index (χ0n) is 9.42. The fraction of sp³-hybridized carbons (Fsp3) is 0.455. The van der Waals surface area contributed by atoms with Crippen LogP contribution in [-0.2, 0) is 9.84 Å². The number of benzene rings is 1. The van der Waals surface area contributed by atoms with Crippen LogP contribution >= 0.6 is 0 Å². The fourth-order valence-corrected chi connectivity index (χ4v) is 2.90. The number of nitrogens with two attached hydrogens (primary N) is 1. The molecule has 0 amide bonds. The SMILES string of the molecule is CC[C@H]([C@H](O)c1ccc(N)cc1)S(C)(=O)=O. The maximum atomic E-state index is 11.5. The van der Waals surface area contributed by atoms with Gasteiger partial charge in [-0.2, -0.15) is 0 Å². The van der Waals surface area contributed by atoms with Gasteiger partial charge in [0, 0.05) is 11.9 Å². The lowest BCUT2D eigenvalue weighted by Crippen LogP contribution is -2.26. The fourth-order valence-electron chi connectivity index (χ4n) is 1.67. The van der Waals surface area contributed by atoms with Gasteiger partial charge in [-0.15, -0.1) is 0 Å². The van der Waals surface area contributed by atoms with Crippen LogP contribution in [0.25, 0.3) is 0 Å². The summed E-state index contributed by atoms with van der Waals surface area (Å²) in [5, 5.41) is 9.22. The molecule has 3 N–H and O–H groups in total. The molecule has 0 bridgehead atoms. The molecule has 1 aromatic carbocycles. The highest BCUT2D eigenvalue weighted by atomic mass is 32.2. The molecule has 0 aliphatic carbocycles. The lowest BCUT2D eigenvalue weighted by molar-refractivity contribution is 0.169. The van der Waals surface area contributed by atoms with Crippen molar-refractivity contribution >= 4 is 15.5 Å². The zero-order valence-corrected chi connectivity index (χ0v) is 10.2. The quantitative estimate of drug-likeness (QED) is 0.777. The Bertz CT molecular complexity index is 439. The number of rotatable bonds is 4. The zero-order chi connectivity index (χ0) is 12.3. The molecule has 0 radical (unpaired) electrons. The van der Waals surface area contributed by atoms with E-state index in [0.717, 1.165) is 6.26 Å². The van der Waals surface area contributed by atoms with Crippen LogP contribution < -0.4 is 5.73 Å². The Kier molecular flexibility index (Phi) is 3.93. The average Bonchev–Trinajstić information content (AvgIpc) is 2.17. The minimum absolute atomic E-state index is 0.379. The maximum Gasteiger partial charge on any atom is 0.153 e. The number of hydrogen-bond donors (Lipinski definition) is 2. The Morgan fingerprint density at radius 2 is 1.81 bits per heavy atom. The highest BCUT2D eigenvalue weighted by Crippen LogP contribution is 2.24. The van der Waals surface area contributed by atoms with Crippen molar-refractivity contribution in [1.82, 2.24) is 0 Å². The van der Waals surface area contributed by atoms with Crippen LogP contribution in [0.4, 0.5) is 5.69 Å². The van der Waals surface area contributed by atoms with E-state index in [4.69, 9.17) is 5.73 Å². The standard InChI is InChI=1S/C11H17NO3S/c1-3-10(16(2,14)15)11(13)8-4-6-9(12)7-5-8/h4-7,10-11,13H,3,12H2,1-2H3/t10-,11-/m1/s1. The van der Waals surface area contributed by atoms with Crippen LogP contribution in [-0.4, -0.2) is 25.0 Å². The van der Waals surface area contributed by atoms with E-state index in [9.17, 15) is 13.5 Å². The molecule has 16 heavy (non-hydrogen) atoms. The number of sulfone groups is 1. The van der Waals surface area contributed by atoms with Gasteiger partial charge in [0.05, 0.1) is 11.4 Å². The number of anilines is 1. The van der Waals surface area contributed by atoms with E-state index in [-0.39, 0.29) is 0 Å². The maximum absolute atomic E-state index is 11.5. The van der Waals surface area contributed by atoms with Crippen molar-refractivity contribution in [3.63, 3.8) is 0 Å². The molecular formula is C11H17NO3S. The van der Waals surface area contributed by atoms with Gasteiger partial charge in [-0.1, -0.05) is 19.1 Å². The molecule has 0 heterocycles. The van der Waals surface area contributed by atoms with E-state index in [1.807, 2.05) is 0 Å². The van der Waals surface area contributed by atoms with Crippen LogP contribution in [0.2, 0.25) is 0 Å². The monoisotopic (exact) mass is 243 g/mol. The van der Waals surface area contributed by atoms with Crippen LogP contribution in [0, 0.1) is 0 Å². The van der Waals surface area contributed by atoms with E-state index in [1.54, 1.807) is 31.2 Å². The number of hydrogen-bond acceptors (Lipinski definition) is 4. The molecule has 2 atom stereocenters. The third-order valence-corrected chi connectivity index (χ3v) is 4.27. The first-order chi connectivity index (χ1) is 7.36. The van der Waals surface area contributed by atoms with Gasteiger partial charge in [-0.25, -0.2) is 8.42 Å². The molecule has 5 heteroatoms. The number of aliphatic hydroxyl groups excluding tert-OH is 1. The summed E-state index contributed by atoms with van der Waals surface area (Å²) in [5.41, 5.74) is 6.68. The molecule has 1 aromatic rings. The molecule has 0 fully saturated rings. The Labute approximate surface area is 96.0 Å². The second-order valence-electron chi connectivity index (χ2n) is 3.89. The third kappa shape index (κ3) is 2.96. The van der Waals surface area contributed by atoms with Crippen LogP contribution in [0.15, 0.2) is 24.3 Å². The van der Waals surface area contributed by atoms with E-state index in [1.165, 1.54) is 0 Å². The van der Waals surface area contributed by atoms with Gasteiger partial charge in [-0.05, 0) is 24.1 Å². The highest BCUT2D eigenvalue weighted by molar-refractivity contribution is 7.91. The molecule has 0 aliphatic heterocycles. The van der Waals surface area contributed by atoms with Crippen molar-refractivity contribution in [2.24, 2.45) is 0 Å².